The Bertz CT molecular complexity index is 1430. The van der Waals surface area contributed by atoms with Gasteiger partial charge in [-0.1, -0.05) is 36.4 Å². The maximum absolute atomic E-state index is 5.36. The smallest absolute Gasteiger partial charge is 0.151 e. The number of ether oxygens (including phenoxy) is 1. The number of hydrogen-bond acceptors (Lipinski definition) is 4. The van der Waals surface area contributed by atoms with Crippen LogP contribution in [0.1, 0.15) is 17.4 Å². The number of rotatable bonds is 4. The van der Waals surface area contributed by atoms with Crippen LogP contribution in [0.15, 0.2) is 91.1 Å². The number of para-hydroxylation sites is 2. The van der Waals surface area contributed by atoms with Gasteiger partial charge >= 0.3 is 0 Å². The predicted octanol–water partition coefficient (Wildman–Crippen LogP) is 5.69. The zero-order valence-corrected chi connectivity index (χ0v) is 18.4. The third-order valence-electron chi connectivity index (χ3n) is 6.02. The zero-order chi connectivity index (χ0) is 22.4. The van der Waals surface area contributed by atoms with Gasteiger partial charge < -0.3 is 10.1 Å². The standard InChI is InChI=1S/C27H23N5O/c1-18-16-25-22-10-6-7-11-24(22)28-27(32(25)29-18)23-17-31(20-8-4-3-5-9-20)30-26(23)19-12-14-21(33-2)15-13-19/h3-17,27-28H,1-2H3/t27-/m0/s1. The van der Waals surface area contributed by atoms with Crippen molar-refractivity contribution in [2.45, 2.75) is 13.1 Å². The Morgan fingerprint density at radius 3 is 2.42 bits per heavy atom. The molecular weight excluding hydrogens is 410 g/mol. The van der Waals surface area contributed by atoms with Crippen LogP contribution in [-0.4, -0.2) is 26.7 Å². The van der Waals surface area contributed by atoms with Crippen LogP contribution in [0.2, 0.25) is 0 Å². The molecule has 0 bridgehead atoms. The minimum Gasteiger partial charge on any atom is -0.497 e. The van der Waals surface area contributed by atoms with Crippen LogP contribution in [0.4, 0.5) is 5.69 Å². The highest BCUT2D eigenvalue weighted by Gasteiger charge is 2.30. The molecule has 0 radical (unpaired) electrons. The average molecular weight is 434 g/mol. The van der Waals surface area contributed by atoms with Gasteiger partial charge in [-0.15, -0.1) is 0 Å². The molecule has 3 aromatic carbocycles. The van der Waals surface area contributed by atoms with Crippen molar-refractivity contribution in [2.75, 3.05) is 12.4 Å². The van der Waals surface area contributed by atoms with E-state index in [2.05, 4.69) is 58.7 Å². The number of anilines is 1. The van der Waals surface area contributed by atoms with Gasteiger partial charge in [-0.2, -0.15) is 10.2 Å². The van der Waals surface area contributed by atoms with Crippen LogP contribution >= 0.6 is 0 Å². The van der Waals surface area contributed by atoms with Crippen LogP contribution in [0.3, 0.4) is 0 Å². The van der Waals surface area contributed by atoms with Crippen molar-refractivity contribution in [3.05, 3.63) is 102 Å². The van der Waals surface area contributed by atoms with Crippen LogP contribution in [0.25, 0.3) is 28.2 Å². The van der Waals surface area contributed by atoms with Gasteiger partial charge in [-0.3, -0.25) is 0 Å². The summed E-state index contributed by atoms with van der Waals surface area (Å²) >= 11 is 0. The van der Waals surface area contributed by atoms with Crippen molar-refractivity contribution < 1.29 is 4.74 Å². The zero-order valence-electron chi connectivity index (χ0n) is 18.4. The van der Waals surface area contributed by atoms with Crippen molar-refractivity contribution in [1.29, 1.82) is 0 Å². The fourth-order valence-corrected chi connectivity index (χ4v) is 4.44. The first kappa shape index (κ1) is 19.4. The van der Waals surface area contributed by atoms with Gasteiger partial charge in [0.15, 0.2) is 6.17 Å². The largest absolute Gasteiger partial charge is 0.497 e. The van der Waals surface area contributed by atoms with Gasteiger partial charge in [0.05, 0.1) is 29.9 Å². The van der Waals surface area contributed by atoms with Crippen LogP contribution < -0.4 is 10.1 Å². The SMILES string of the molecule is COc1ccc(-c2nn(-c3ccccc3)cc2[C@H]2Nc3ccccc3-c3cc(C)nn32)cc1. The fourth-order valence-electron chi connectivity index (χ4n) is 4.44. The molecule has 0 fully saturated rings. The lowest BCUT2D eigenvalue weighted by Crippen LogP contribution is -2.25. The van der Waals surface area contributed by atoms with Crippen molar-refractivity contribution in [3.63, 3.8) is 0 Å². The second-order valence-electron chi connectivity index (χ2n) is 8.15. The number of nitrogens with zero attached hydrogens (tertiary/aromatic N) is 4. The molecule has 1 aliphatic rings. The minimum atomic E-state index is -0.196. The number of nitrogens with one attached hydrogen (secondary N) is 1. The third kappa shape index (κ3) is 3.27. The second-order valence-corrected chi connectivity index (χ2v) is 8.15. The molecule has 3 heterocycles. The monoisotopic (exact) mass is 433 g/mol. The first-order valence-electron chi connectivity index (χ1n) is 10.9. The topological polar surface area (TPSA) is 56.9 Å². The molecule has 0 saturated carbocycles. The molecule has 5 aromatic rings. The van der Waals surface area contributed by atoms with Crippen LogP contribution in [-0.2, 0) is 0 Å². The van der Waals surface area contributed by atoms with Gasteiger partial charge in [0.2, 0.25) is 0 Å². The van der Waals surface area contributed by atoms with E-state index in [9.17, 15) is 0 Å². The van der Waals surface area contributed by atoms with Crippen LogP contribution in [0, 0.1) is 6.92 Å². The summed E-state index contributed by atoms with van der Waals surface area (Å²) in [5, 5.41) is 13.6. The highest BCUT2D eigenvalue weighted by Crippen LogP contribution is 2.41. The van der Waals surface area contributed by atoms with Gasteiger partial charge in [0, 0.05) is 28.6 Å². The van der Waals surface area contributed by atoms with Crippen molar-refractivity contribution in [1.82, 2.24) is 19.6 Å². The molecule has 1 aliphatic heterocycles. The van der Waals surface area contributed by atoms with E-state index in [1.165, 1.54) is 0 Å². The van der Waals surface area contributed by atoms with Gasteiger partial charge in [0.25, 0.3) is 0 Å². The molecule has 2 aromatic heterocycles. The van der Waals surface area contributed by atoms with E-state index in [0.29, 0.717) is 0 Å². The highest BCUT2D eigenvalue weighted by atomic mass is 16.5. The summed E-state index contributed by atoms with van der Waals surface area (Å²) in [6.07, 6.45) is 1.90. The molecule has 1 N–H and O–H groups in total. The number of aromatic nitrogens is 4. The summed E-state index contributed by atoms with van der Waals surface area (Å²) in [5.74, 6) is 0.817. The fraction of sp³-hybridized carbons (Fsp3) is 0.111. The Labute approximate surface area is 192 Å². The van der Waals surface area contributed by atoms with E-state index in [0.717, 1.165) is 50.9 Å². The quantitative estimate of drug-likeness (QED) is 0.395. The average Bonchev–Trinajstić information content (AvgIpc) is 3.48. The first-order chi connectivity index (χ1) is 16.2. The molecule has 1 atom stereocenters. The number of methoxy groups -OCH3 is 1. The molecule has 0 aliphatic carbocycles. The Kier molecular flexibility index (Phi) is 4.50. The maximum atomic E-state index is 5.36. The van der Waals surface area contributed by atoms with E-state index in [1.54, 1.807) is 7.11 Å². The van der Waals surface area contributed by atoms with E-state index < -0.39 is 0 Å². The third-order valence-corrected chi connectivity index (χ3v) is 6.02. The molecule has 0 saturated heterocycles. The number of fused-ring (bicyclic) bond motifs is 3. The van der Waals surface area contributed by atoms with Crippen LogP contribution in [0.5, 0.6) is 5.75 Å². The highest BCUT2D eigenvalue weighted by molar-refractivity contribution is 5.79. The minimum absolute atomic E-state index is 0.196. The molecule has 0 unspecified atom stereocenters. The van der Waals surface area contributed by atoms with E-state index in [-0.39, 0.29) is 6.17 Å². The predicted molar refractivity (Wildman–Crippen MR) is 130 cm³/mol. The van der Waals surface area contributed by atoms with E-state index in [1.807, 2.05) is 54.1 Å². The number of aryl methyl sites for hydroxylation is 1. The summed E-state index contributed by atoms with van der Waals surface area (Å²) in [6, 6.07) is 28.7. The second kappa shape index (κ2) is 7.67. The summed E-state index contributed by atoms with van der Waals surface area (Å²) in [6.45, 7) is 2.03. The molecule has 0 amide bonds. The first-order valence-corrected chi connectivity index (χ1v) is 10.9. The summed E-state index contributed by atoms with van der Waals surface area (Å²) in [5.41, 5.74) is 8.28. The molecule has 6 rings (SSSR count). The lowest BCUT2D eigenvalue weighted by atomic mass is 10.0. The van der Waals surface area contributed by atoms with Crippen molar-refractivity contribution in [2.24, 2.45) is 0 Å². The van der Waals surface area contributed by atoms with E-state index in [4.69, 9.17) is 14.9 Å². The lowest BCUT2D eigenvalue weighted by molar-refractivity contribution is 0.415. The Morgan fingerprint density at radius 1 is 0.879 bits per heavy atom. The molecule has 6 nitrogen and oxygen atoms in total. The Hall–Kier alpha value is -4.32. The molecule has 0 spiro atoms. The number of hydrogen-bond donors (Lipinski definition) is 1. The molecule has 162 valence electrons. The summed E-state index contributed by atoms with van der Waals surface area (Å²) in [7, 11) is 1.68. The lowest BCUT2D eigenvalue weighted by Gasteiger charge is -2.29. The van der Waals surface area contributed by atoms with Gasteiger partial charge in [-0.05, 0) is 55.5 Å². The molecule has 33 heavy (non-hydrogen) atoms. The summed E-state index contributed by atoms with van der Waals surface area (Å²) in [4.78, 5) is 0. The normalized spacial score (nSPS) is 14.3. The molecule has 6 heteroatoms. The summed E-state index contributed by atoms with van der Waals surface area (Å²) < 4.78 is 9.37. The van der Waals surface area contributed by atoms with Gasteiger partial charge in [-0.25, -0.2) is 9.36 Å². The Morgan fingerprint density at radius 2 is 1.64 bits per heavy atom. The Balaban J connectivity index is 1.55. The van der Waals surface area contributed by atoms with Crippen molar-refractivity contribution >= 4 is 5.69 Å². The maximum Gasteiger partial charge on any atom is 0.151 e. The van der Waals surface area contributed by atoms with E-state index >= 15 is 0 Å². The number of benzene rings is 3. The van der Waals surface area contributed by atoms with Crippen molar-refractivity contribution in [3.8, 4) is 34.0 Å². The van der Waals surface area contributed by atoms with Gasteiger partial charge in [0.1, 0.15) is 5.75 Å². The molecular formula is C27H23N5O.